The van der Waals surface area contributed by atoms with Crippen LogP contribution in [0.1, 0.15) is 105 Å². The molecule has 0 heterocycles. The number of fused-ring (bicyclic) bond motifs is 5. The van der Waals surface area contributed by atoms with E-state index < -0.39 is 0 Å². The molecule has 0 aliphatic heterocycles. The predicted octanol–water partition coefficient (Wildman–Crippen LogP) is 8.05. The maximum atomic E-state index is 8.23. The lowest BCUT2D eigenvalue weighted by Gasteiger charge is -2.60. The van der Waals surface area contributed by atoms with Gasteiger partial charge < -0.3 is 5.41 Å². The third-order valence-corrected chi connectivity index (χ3v) is 10.1. The van der Waals surface area contributed by atoms with Gasteiger partial charge >= 0.3 is 0 Å². The van der Waals surface area contributed by atoms with Gasteiger partial charge in [-0.15, -0.1) is 0 Å². The second kappa shape index (κ2) is 7.59. The highest BCUT2D eigenvalue weighted by Crippen LogP contribution is 2.66. The Morgan fingerprint density at radius 3 is 2.57 bits per heavy atom. The fourth-order valence-electron chi connectivity index (χ4n) is 8.43. The van der Waals surface area contributed by atoms with Crippen LogP contribution in [0, 0.1) is 51.7 Å². The van der Waals surface area contributed by atoms with Crippen molar-refractivity contribution in [3.8, 4) is 0 Å². The second-order valence-corrected chi connectivity index (χ2v) is 12.0. The summed E-state index contributed by atoms with van der Waals surface area (Å²) in [5.74, 6) is 5.23. The van der Waals surface area contributed by atoms with Crippen molar-refractivity contribution in [3.63, 3.8) is 0 Å². The topological polar surface area (TPSA) is 23.9 Å². The minimum absolute atomic E-state index is 0.489. The van der Waals surface area contributed by atoms with Crippen LogP contribution in [-0.4, -0.2) is 5.71 Å². The van der Waals surface area contributed by atoms with Gasteiger partial charge in [0.1, 0.15) is 0 Å². The first kappa shape index (κ1) is 20.7. The van der Waals surface area contributed by atoms with Crippen molar-refractivity contribution in [2.45, 2.75) is 105 Å². The lowest BCUT2D eigenvalue weighted by Crippen LogP contribution is -2.53. The van der Waals surface area contributed by atoms with Gasteiger partial charge in [0.05, 0.1) is 0 Å². The van der Waals surface area contributed by atoms with E-state index >= 15 is 0 Å². The molecular weight excluding hydrogens is 338 g/mol. The molecule has 4 rings (SSSR count). The van der Waals surface area contributed by atoms with Crippen LogP contribution in [0.2, 0.25) is 0 Å². The van der Waals surface area contributed by atoms with Crippen molar-refractivity contribution in [2.24, 2.45) is 46.3 Å². The van der Waals surface area contributed by atoms with Crippen molar-refractivity contribution in [1.29, 1.82) is 5.41 Å². The van der Waals surface area contributed by atoms with Gasteiger partial charge in [-0.1, -0.05) is 59.1 Å². The molecule has 3 saturated carbocycles. The third kappa shape index (κ3) is 3.33. The molecule has 0 spiro atoms. The third-order valence-electron chi connectivity index (χ3n) is 10.1. The van der Waals surface area contributed by atoms with Gasteiger partial charge in [-0.25, -0.2) is 0 Å². The Kier molecular flexibility index (Phi) is 5.60. The van der Waals surface area contributed by atoms with Crippen molar-refractivity contribution in [1.82, 2.24) is 0 Å². The van der Waals surface area contributed by atoms with E-state index in [0.29, 0.717) is 10.8 Å². The van der Waals surface area contributed by atoms with Gasteiger partial charge in [0, 0.05) is 5.71 Å². The molecule has 1 nitrogen and oxygen atoms in total. The fourth-order valence-corrected chi connectivity index (χ4v) is 8.43. The summed E-state index contributed by atoms with van der Waals surface area (Å²) in [6.07, 6.45) is 17.4. The van der Waals surface area contributed by atoms with E-state index in [9.17, 15) is 0 Å². The molecule has 1 N–H and O–H groups in total. The average molecular weight is 384 g/mol. The highest BCUT2D eigenvalue weighted by Gasteiger charge is 2.58. The lowest BCUT2D eigenvalue weighted by atomic mass is 9.44. The molecule has 0 saturated heterocycles. The van der Waals surface area contributed by atoms with Gasteiger partial charge in [-0.05, 0) is 104 Å². The van der Waals surface area contributed by atoms with Gasteiger partial charge in [-0.2, -0.15) is 0 Å². The number of nitrogens with one attached hydrogen (secondary N) is 1. The zero-order valence-electron chi connectivity index (χ0n) is 19.3. The Bertz CT molecular complexity index is 630. The molecule has 0 radical (unpaired) electrons. The zero-order chi connectivity index (χ0) is 20.1. The summed E-state index contributed by atoms with van der Waals surface area (Å²) in [7, 11) is 0. The maximum absolute atomic E-state index is 8.23. The molecule has 0 aromatic carbocycles. The molecule has 3 fully saturated rings. The van der Waals surface area contributed by atoms with Crippen LogP contribution in [0.3, 0.4) is 0 Å². The molecule has 7 unspecified atom stereocenters. The molecule has 4 aliphatic carbocycles. The van der Waals surface area contributed by atoms with E-state index in [4.69, 9.17) is 5.41 Å². The van der Waals surface area contributed by atoms with E-state index in [1.165, 1.54) is 57.8 Å². The lowest BCUT2D eigenvalue weighted by molar-refractivity contribution is -0.0887. The van der Waals surface area contributed by atoms with Gasteiger partial charge in [0.15, 0.2) is 0 Å². The van der Waals surface area contributed by atoms with Crippen LogP contribution < -0.4 is 0 Å². The van der Waals surface area contributed by atoms with E-state index in [1.54, 1.807) is 0 Å². The summed E-state index contributed by atoms with van der Waals surface area (Å²) < 4.78 is 0. The fraction of sp³-hybridized carbons (Fsp3) is 0.889. The standard InChI is InChI=1S/C27H45N/c1-18(2)7-6-8-19(3)23-11-12-24-22-10-9-20-17-21(28)13-15-26(20,4)25(22)14-16-27(23,24)5/h11,18-20,22,24-25,28H,6-10,12-17H2,1-5H3. The molecule has 4 aliphatic rings. The molecule has 0 amide bonds. The first-order valence-corrected chi connectivity index (χ1v) is 12.5. The van der Waals surface area contributed by atoms with Crippen LogP contribution in [-0.2, 0) is 0 Å². The molecule has 28 heavy (non-hydrogen) atoms. The molecule has 0 aromatic rings. The van der Waals surface area contributed by atoms with E-state index in [1.807, 2.05) is 5.57 Å². The van der Waals surface area contributed by atoms with Crippen LogP contribution in [0.4, 0.5) is 0 Å². The Hall–Kier alpha value is -0.590. The first-order valence-electron chi connectivity index (χ1n) is 12.5. The zero-order valence-corrected chi connectivity index (χ0v) is 19.3. The van der Waals surface area contributed by atoms with E-state index in [-0.39, 0.29) is 0 Å². The monoisotopic (exact) mass is 383 g/mol. The van der Waals surface area contributed by atoms with Crippen molar-refractivity contribution in [2.75, 3.05) is 0 Å². The summed E-state index contributed by atoms with van der Waals surface area (Å²) in [5, 5.41) is 8.23. The number of allylic oxidation sites excluding steroid dienone is 2. The molecular formula is C27H45N. The van der Waals surface area contributed by atoms with Gasteiger partial charge in [-0.3, -0.25) is 0 Å². The van der Waals surface area contributed by atoms with E-state index in [2.05, 4.69) is 40.7 Å². The van der Waals surface area contributed by atoms with E-state index in [0.717, 1.165) is 54.1 Å². The first-order chi connectivity index (χ1) is 13.3. The Morgan fingerprint density at radius 2 is 1.82 bits per heavy atom. The van der Waals surface area contributed by atoms with Gasteiger partial charge in [0.25, 0.3) is 0 Å². The minimum Gasteiger partial charge on any atom is -0.310 e. The molecule has 1 heteroatoms. The molecule has 0 bridgehead atoms. The maximum Gasteiger partial charge on any atom is 0.00923 e. The SMILES string of the molecule is CC(C)CCCC(C)C1=CCC2C3CCC4CC(=N)CCC4(C)C3CCC12C. The Balaban J connectivity index is 1.48. The quantitative estimate of drug-likeness (QED) is 0.464. The molecule has 0 aromatic heterocycles. The van der Waals surface area contributed by atoms with Gasteiger partial charge in [0.2, 0.25) is 0 Å². The number of hydrogen-bond acceptors (Lipinski definition) is 1. The number of rotatable bonds is 5. The normalized spacial score (nSPS) is 43.9. The average Bonchev–Trinajstić information content (AvgIpc) is 2.99. The second-order valence-electron chi connectivity index (χ2n) is 12.0. The summed E-state index contributed by atoms with van der Waals surface area (Å²) >= 11 is 0. The summed E-state index contributed by atoms with van der Waals surface area (Å²) in [4.78, 5) is 0. The molecule has 7 atom stereocenters. The Morgan fingerprint density at radius 1 is 1.04 bits per heavy atom. The largest absolute Gasteiger partial charge is 0.310 e. The highest BCUT2D eigenvalue weighted by molar-refractivity contribution is 5.82. The predicted molar refractivity (Wildman–Crippen MR) is 121 cm³/mol. The summed E-state index contributed by atoms with van der Waals surface area (Å²) in [5.41, 5.74) is 3.91. The van der Waals surface area contributed by atoms with Crippen LogP contribution in [0.25, 0.3) is 0 Å². The van der Waals surface area contributed by atoms with Crippen LogP contribution in [0.5, 0.6) is 0 Å². The smallest absolute Gasteiger partial charge is 0.00923 e. The van der Waals surface area contributed by atoms with Crippen molar-refractivity contribution in [3.05, 3.63) is 11.6 Å². The highest BCUT2D eigenvalue weighted by atomic mass is 14.6. The number of hydrogen-bond donors (Lipinski definition) is 1. The minimum atomic E-state index is 0.489. The summed E-state index contributed by atoms with van der Waals surface area (Å²) in [6.45, 7) is 12.5. The van der Waals surface area contributed by atoms with Crippen molar-refractivity contribution < 1.29 is 0 Å². The molecule has 158 valence electrons. The Labute approximate surface area is 174 Å². The van der Waals surface area contributed by atoms with Crippen molar-refractivity contribution >= 4 is 5.71 Å². The summed E-state index contributed by atoms with van der Waals surface area (Å²) in [6, 6.07) is 0. The van der Waals surface area contributed by atoms with Crippen LogP contribution in [0.15, 0.2) is 11.6 Å². The van der Waals surface area contributed by atoms with Crippen LogP contribution >= 0.6 is 0 Å².